The number of esters is 3. The fourth-order valence-corrected chi connectivity index (χ4v) is 9.69. The molecule has 1 unspecified atom stereocenters. The summed E-state index contributed by atoms with van der Waals surface area (Å²) < 4.78 is 16.9. The molecule has 0 spiro atoms. The van der Waals surface area contributed by atoms with Crippen molar-refractivity contribution < 1.29 is 28.6 Å². The standard InChI is InChI=1S/C67H124O6/c1-4-7-10-13-16-19-22-25-27-28-29-30-31-32-33-34-35-36-37-38-39-40-41-43-45-48-51-54-57-60-66(69)72-63-64(62-71-65(68)59-56-53-50-47-44-24-21-18-15-12-9-6-3)73-67(70)61-58-55-52-49-46-42-26-23-20-17-14-11-8-5-2/h14,17-18,21,23,26,64H,4-13,15-16,19-20,22,24-25,27-63H2,1-3H3/b17-14-,21-18-,26-23-. The van der Waals surface area contributed by atoms with E-state index < -0.39 is 6.10 Å². The number of hydrogen-bond donors (Lipinski definition) is 0. The quantitative estimate of drug-likeness (QED) is 0.0261. The van der Waals surface area contributed by atoms with E-state index in [0.717, 1.165) is 89.9 Å². The lowest BCUT2D eigenvalue weighted by Gasteiger charge is -2.18. The van der Waals surface area contributed by atoms with Gasteiger partial charge in [-0.1, -0.05) is 301 Å². The lowest BCUT2D eigenvalue weighted by molar-refractivity contribution is -0.167. The van der Waals surface area contributed by atoms with Crippen LogP contribution in [0.4, 0.5) is 0 Å². The molecule has 73 heavy (non-hydrogen) atoms. The van der Waals surface area contributed by atoms with E-state index in [-0.39, 0.29) is 31.1 Å². The van der Waals surface area contributed by atoms with Gasteiger partial charge in [-0.15, -0.1) is 0 Å². The highest BCUT2D eigenvalue weighted by atomic mass is 16.6. The van der Waals surface area contributed by atoms with E-state index in [1.165, 1.54) is 225 Å². The molecule has 6 heteroatoms. The molecule has 1 atom stereocenters. The number of carbonyl (C=O) groups excluding carboxylic acids is 3. The topological polar surface area (TPSA) is 78.9 Å². The highest BCUT2D eigenvalue weighted by Crippen LogP contribution is 2.18. The van der Waals surface area contributed by atoms with Crippen LogP contribution in [0.3, 0.4) is 0 Å². The molecule has 0 aromatic rings. The lowest BCUT2D eigenvalue weighted by atomic mass is 10.0. The normalized spacial score (nSPS) is 12.2. The third-order valence-electron chi connectivity index (χ3n) is 14.6. The maximum atomic E-state index is 12.8. The largest absolute Gasteiger partial charge is 0.462 e. The molecule has 0 radical (unpaired) electrons. The number of ether oxygens (including phenoxy) is 3. The third kappa shape index (κ3) is 60.4. The second kappa shape index (κ2) is 62.2. The molecule has 0 amide bonds. The molecule has 0 N–H and O–H groups in total. The average molecular weight is 1030 g/mol. The minimum Gasteiger partial charge on any atom is -0.462 e. The smallest absolute Gasteiger partial charge is 0.306 e. The molecular formula is C67H124O6. The van der Waals surface area contributed by atoms with Crippen molar-refractivity contribution in [3.8, 4) is 0 Å². The fraction of sp³-hybridized carbons (Fsp3) is 0.866. The van der Waals surface area contributed by atoms with E-state index >= 15 is 0 Å². The van der Waals surface area contributed by atoms with Crippen molar-refractivity contribution >= 4 is 17.9 Å². The minimum absolute atomic E-state index is 0.0769. The zero-order valence-electron chi connectivity index (χ0n) is 49.2. The molecule has 0 heterocycles. The first-order valence-electron chi connectivity index (χ1n) is 32.5. The zero-order chi connectivity index (χ0) is 52.9. The maximum Gasteiger partial charge on any atom is 0.306 e. The summed E-state index contributed by atoms with van der Waals surface area (Å²) in [5.74, 6) is -0.881. The Labute approximate surface area is 455 Å². The molecule has 0 saturated heterocycles. The van der Waals surface area contributed by atoms with Gasteiger partial charge in [-0.25, -0.2) is 0 Å². The first-order valence-corrected chi connectivity index (χ1v) is 32.5. The van der Waals surface area contributed by atoms with Gasteiger partial charge in [0.15, 0.2) is 6.10 Å². The summed E-state index contributed by atoms with van der Waals surface area (Å²) >= 11 is 0. The number of rotatable bonds is 60. The Morgan fingerprint density at radius 1 is 0.274 bits per heavy atom. The van der Waals surface area contributed by atoms with Crippen LogP contribution < -0.4 is 0 Å². The summed E-state index contributed by atoms with van der Waals surface area (Å²) in [5.41, 5.74) is 0. The van der Waals surface area contributed by atoms with Crippen molar-refractivity contribution in [2.75, 3.05) is 13.2 Å². The van der Waals surface area contributed by atoms with E-state index in [1.54, 1.807) is 0 Å². The Bertz CT molecular complexity index is 1220. The van der Waals surface area contributed by atoms with Crippen LogP contribution in [0.15, 0.2) is 36.5 Å². The molecular weight excluding hydrogens is 901 g/mol. The maximum absolute atomic E-state index is 12.8. The van der Waals surface area contributed by atoms with Crippen LogP contribution in [0.5, 0.6) is 0 Å². The van der Waals surface area contributed by atoms with Crippen LogP contribution in [-0.2, 0) is 28.6 Å². The van der Waals surface area contributed by atoms with Crippen molar-refractivity contribution in [1.29, 1.82) is 0 Å². The highest BCUT2D eigenvalue weighted by Gasteiger charge is 2.19. The number of carbonyl (C=O) groups is 3. The zero-order valence-corrected chi connectivity index (χ0v) is 49.2. The number of unbranched alkanes of at least 4 members (excludes halogenated alkanes) is 43. The van der Waals surface area contributed by atoms with Gasteiger partial charge >= 0.3 is 17.9 Å². The Morgan fingerprint density at radius 2 is 0.507 bits per heavy atom. The molecule has 0 aromatic carbocycles. The molecule has 0 saturated carbocycles. The second-order valence-electron chi connectivity index (χ2n) is 22.0. The van der Waals surface area contributed by atoms with Gasteiger partial charge in [0.05, 0.1) is 0 Å². The lowest BCUT2D eigenvalue weighted by Crippen LogP contribution is -2.30. The van der Waals surface area contributed by atoms with Gasteiger partial charge in [-0.3, -0.25) is 14.4 Å². The van der Waals surface area contributed by atoms with Crippen LogP contribution >= 0.6 is 0 Å². The first kappa shape index (κ1) is 70.6. The van der Waals surface area contributed by atoms with Crippen LogP contribution in [0.1, 0.15) is 355 Å². The van der Waals surface area contributed by atoms with Gasteiger partial charge in [-0.2, -0.15) is 0 Å². The van der Waals surface area contributed by atoms with E-state index in [1.807, 2.05) is 0 Å². The van der Waals surface area contributed by atoms with Crippen LogP contribution in [0.25, 0.3) is 0 Å². The molecule has 6 nitrogen and oxygen atoms in total. The van der Waals surface area contributed by atoms with Gasteiger partial charge < -0.3 is 14.2 Å². The minimum atomic E-state index is -0.780. The first-order chi connectivity index (χ1) is 36.0. The van der Waals surface area contributed by atoms with E-state index in [9.17, 15) is 14.4 Å². The monoisotopic (exact) mass is 1020 g/mol. The average Bonchev–Trinajstić information content (AvgIpc) is 3.39. The van der Waals surface area contributed by atoms with Crippen LogP contribution in [-0.4, -0.2) is 37.2 Å². The van der Waals surface area contributed by atoms with E-state index in [4.69, 9.17) is 14.2 Å². The molecule has 0 bridgehead atoms. The fourth-order valence-electron chi connectivity index (χ4n) is 9.69. The Hall–Kier alpha value is -2.37. The SMILES string of the molecule is CCCC/C=C\C/C=C\CCCCCCCC(=O)OC(COC(=O)CCCCCCC/C=C\CCCCC)COC(=O)CCCCCCCCCCCCCCCCCCCCCCCCCCCCCCC. The van der Waals surface area contributed by atoms with Crippen molar-refractivity contribution in [3.63, 3.8) is 0 Å². The van der Waals surface area contributed by atoms with Crippen molar-refractivity contribution in [2.24, 2.45) is 0 Å². The second-order valence-corrected chi connectivity index (χ2v) is 22.0. The van der Waals surface area contributed by atoms with Crippen molar-refractivity contribution in [2.45, 2.75) is 361 Å². The molecule has 0 aliphatic carbocycles. The van der Waals surface area contributed by atoms with Crippen LogP contribution in [0, 0.1) is 0 Å². The summed E-state index contributed by atoms with van der Waals surface area (Å²) in [7, 11) is 0. The Morgan fingerprint density at radius 3 is 0.836 bits per heavy atom. The molecule has 0 aliphatic rings. The molecule has 0 aliphatic heterocycles. The Kier molecular flexibility index (Phi) is 60.2. The summed E-state index contributed by atoms with van der Waals surface area (Å²) in [5, 5.41) is 0. The summed E-state index contributed by atoms with van der Waals surface area (Å²) in [6.07, 6.45) is 76.0. The van der Waals surface area contributed by atoms with Crippen LogP contribution in [0.2, 0.25) is 0 Å². The molecule has 0 aromatic heterocycles. The predicted octanol–water partition coefficient (Wildman–Crippen LogP) is 22.0. The third-order valence-corrected chi connectivity index (χ3v) is 14.6. The summed E-state index contributed by atoms with van der Waals surface area (Å²) in [4.78, 5) is 38.2. The highest BCUT2D eigenvalue weighted by molar-refractivity contribution is 5.71. The molecule has 0 fully saturated rings. The predicted molar refractivity (Wildman–Crippen MR) is 316 cm³/mol. The summed E-state index contributed by atoms with van der Waals surface area (Å²) in [6.45, 7) is 6.61. The summed E-state index contributed by atoms with van der Waals surface area (Å²) in [6, 6.07) is 0. The van der Waals surface area contributed by atoms with E-state index in [0.29, 0.717) is 19.3 Å². The number of hydrogen-bond acceptors (Lipinski definition) is 6. The van der Waals surface area contributed by atoms with E-state index in [2.05, 4.69) is 57.2 Å². The van der Waals surface area contributed by atoms with Crippen molar-refractivity contribution in [1.82, 2.24) is 0 Å². The van der Waals surface area contributed by atoms with Gasteiger partial charge in [0.2, 0.25) is 0 Å². The Balaban J connectivity index is 4.12. The van der Waals surface area contributed by atoms with Gasteiger partial charge in [0.25, 0.3) is 0 Å². The number of allylic oxidation sites excluding steroid dienone is 6. The van der Waals surface area contributed by atoms with Gasteiger partial charge in [0.1, 0.15) is 13.2 Å². The molecule has 428 valence electrons. The van der Waals surface area contributed by atoms with Crippen molar-refractivity contribution in [3.05, 3.63) is 36.5 Å². The van der Waals surface area contributed by atoms with Gasteiger partial charge in [0, 0.05) is 19.3 Å². The van der Waals surface area contributed by atoms with Gasteiger partial charge in [-0.05, 0) is 70.6 Å². The molecule has 0 rings (SSSR count).